The van der Waals surface area contributed by atoms with Crippen LogP contribution in [0.4, 0.5) is 0 Å². The number of benzene rings is 1. The second-order valence-corrected chi connectivity index (χ2v) is 3.43. The van der Waals surface area contributed by atoms with Gasteiger partial charge in [-0.25, -0.2) is 0 Å². The van der Waals surface area contributed by atoms with Gasteiger partial charge in [0.2, 0.25) is 0 Å². The molecule has 13 heavy (non-hydrogen) atoms. The first kappa shape index (κ1) is 9.93. The van der Waals surface area contributed by atoms with Crippen LogP contribution in [-0.2, 0) is 6.42 Å². The maximum Gasteiger partial charge on any atom is 0.159 e. The van der Waals surface area contributed by atoms with Gasteiger partial charge in [0, 0.05) is 11.6 Å². The highest BCUT2D eigenvalue weighted by atomic mass is 16.1. The molecule has 0 fully saturated rings. The lowest BCUT2D eigenvalue weighted by Gasteiger charge is -2.04. The monoisotopic (exact) mass is 177 g/mol. The topological polar surface area (TPSA) is 43.1 Å². The Morgan fingerprint density at radius 1 is 1.38 bits per heavy atom. The van der Waals surface area contributed by atoms with Crippen LogP contribution in [0.15, 0.2) is 24.3 Å². The minimum atomic E-state index is 0.104. The van der Waals surface area contributed by atoms with Gasteiger partial charge in [0.25, 0.3) is 0 Å². The predicted molar refractivity (Wildman–Crippen MR) is 53.8 cm³/mol. The molecule has 1 atom stereocenters. The smallest absolute Gasteiger partial charge is 0.159 e. The van der Waals surface area contributed by atoms with Gasteiger partial charge >= 0.3 is 0 Å². The van der Waals surface area contributed by atoms with Gasteiger partial charge in [-0.05, 0) is 25.8 Å². The van der Waals surface area contributed by atoms with Crippen molar-refractivity contribution in [3.63, 3.8) is 0 Å². The second-order valence-electron chi connectivity index (χ2n) is 3.43. The standard InChI is InChI=1S/C11H15NO/c1-8(12)7-10-3-5-11(6-4-10)9(2)13/h3-6,8H,7,12H2,1-2H3/t8-/m1/s1. The first-order valence-electron chi connectivity index (χ1n) is 4.45. The summed E-state index contributed by atoms with van der Waals surface area (Å²) in [7, 11) is 0. The van der Waals surface area contributed by atoms with Gasteiger partial charge in [0.05, 0.1) is 0 Å². The van der Waals surface area contributed by atoms with Crippen LogP contribution in [0.2, 0.25) is 0 Å². The molecule has 0 saturated carbocycles. The fourth-order valence-electron chi connectivity index (χ4n) is 1.25. The molecule has 70 valence electrons. The third kappa shape index (κ3) is 2.99. The van der Waals surface area contributed by atoms with E-state index in [-0.39, 0.29) is 11.8 Å². The van der Waals surface area contributed by atoms with Crippen LogP contribution in [0.3, 0.4) is 0 Å². The molecule has 0 radical (unpaired) electrons. The lowest BCUT2D eigenvalue weighted by molar-refractivity contribution is 0.101. The SMILES string of the molecule is CC(=O)c1ccc(C[C@@H](C)N)cc1. The normalized spacial score (nSPS) is 12.5. The summed E-state index contributed by atoms with van der Waals surface area (Å²) >= 11 is 0. The quantitative estimate of drug-likeness (QED) is 0.715. The number of hydrogen-bond acceptors (Lipinski definition) is 2. The van der Waals surface area contributed by atoms with Crippen molar-refractivity contribution in [2.45, 2.75) is 26.3 Å². The minimum absolute atomic E-state index is 0.104. The van der Waals surface area contributed by atoms with Crippen LogP contribution in [-0.4, -0.2) is 11.8 Å². The van der Waals surface area contributed by atoms with Crippen molar-refractivity contribution in [1.82, 2.24) is 0 Å². The van der Waals surface area contributed by atoms with Crippen LogP contribution in [0.5, 0.6) is 0 Å². The summed E-state index contributed by atoms with van der Waals surface area (Å²) < 4.78 is 0. The minimum Gasteiger partial charge on any atom is -0.328 e. The van der Waals surface area contributed by atoms with Crippen molar-refractivity contribution >= 4 is 5.78 Å². The maximum atomic E-state index is 11.0. The zero-order valence-electron chi connectivity index (χ0n) is 8.08. The highest BCUT2D eigenvalue weighted by Crippen LogP contribution is 2.06. The van der Waals surface area contributed by atoms with E-state index in [0.29, 0.717) is 0 Å². The molecule has 0 aliphatic heterocycles. The van der Waals surface area contributed by atoms with Crippen LogP contribution in [0, 0.1) is 0 Å². The lowest BCUT2D eigenvalue weighted by atomic mass is 10.0. The summed E-state index contributed by atoms with van der Waals surface area (Å²) in [5.41, 5.74) is 7.59. The van der Waals surface area contributed by atoms with E-state index >= 15 is 0 Å². The van der Waals surface area contributed by atoms with Crippen LogP contribution >= 0.6 is 0 Å². The average Bonchev–Trinajstić information content (AvgIpc) is 2.04. The molecule has 2 nitrogen and oxygen atoms in total. The number of Topliss-reactive ketones (excluding diaryl/α,β-unsaturated/α-hetero) is 1. The summed E-state index contributed by atoms with van der Waals surface area (Å²) in [6, 6.07) is 7.78. The Bertz CT molecular complexity index is 287. The Labute approximate surface area is 78.8 Å². The number of carbonyl (C=O) groups is 1. The number of rotatable bonds is 3. The number of nitrogens with two attached hydrogens (primary N) is 1. The zero-order chi connectivity index (χ0) is 9.84. The molecular formula is C11H15NO. The Kier molecular flexibility index (Phi) is 3.20. The van der Waals surface area contributed by atoms with E-state index < -0.39 is 0 Å². The maximum absolute atomic E-state index is 11.0. The molecule has 0 spiro atoms. The van der Waals surface area contributed by atoms with Gasteiger partial charge in [-0.2, -0.15) is 0 Å². The molecular weight excluding hydrogens is 162 g/mol. The van der Waals surface area contributed by atoms with Crippen LogP contribution in [0.1, 0.15) is 29.8 Å². The van der Waals surface area contributed by atoms with Crippen molar-refractivity contribution in [1.29, 1.82) is 0 Å². The number of ketones is 1. The third-order valence-electron chi connectivity index (χ3n) is 1.92. The van der Waals surface area contributed by atoms with Gasteiger partial charge < -0.3 is 5.73 Å². The van der Waals surface area contributed by atoms with Gasteiger partial charge in [0.1, 0.15) is 0 Å². The van der Waals surface area contributed by atoms with E-state index in [2.05, 4.69) is 0 Å². The molecule has 0 saturated heterocycles. The zero-order valence-corrected chi connectivity index (χ0v) is 8.08. The lowest BCUT2D eigenvalue weighted by Crippen LogP contribution is -2.17. The van der Waals surface area contributed by atoms with Crippen molar-refractivity contribution in [2.75, 3.05) is 0 Å². The molecule has 1 aromatic rings. The van der Waals surface area contributed by atoms with E-state index in [1.54, 1.807) is 6.92 Å². The van der Waals surface area contributed by atoms with Crippen molar-refractivity contribution in [2.24, 2.45) is 5.73 Å². The van der Waals surface area contributed by atoms with Gasteiger partial charge in [-0.15, -0.1) is 0 Å². The van der Waals surface area contributed by atoms with E-state index in [0.717, 1.165) is 12.0 Å². The molecule has 0 amide bonds. The molecule has 0 aliphatic carbocycles. The average molecular weight is 177 g/mol. The van der Waals surface area contributed by atoms with E-state index in [1.165, 1.54) is 5.56 Å². The van der Waals surface area contributed by atoms with Crippen LogP contribution < -0.4 is 5.73 Å². The fourth-order valence-corrected chi connectivity index (χ4v) is 1.25. The summed E-state index contributed by atoms with van der Waals surface area (Å²) in [6.07, 6.45) is 0.859. The molecule has 0 bridgehead atoms. The Morgan fingerprint density at radius 2 is 1.92 bits per heavy atom. The molecule has 0 aromatic heterocycles. The summed E-state index contributed by atoms with van der Waals surface area (Å²) in [5, 5.41) is 0. The van der Waals surface area contributed by atoms with Crippen LogP contribution in [0.25, 0.3) is 0 Å². The van der Waals surface area contributed by atoms with Gasteiger partial charge in [-0.1, -0.05) is 24.3 Å². The molecule has 2 N–H and O–H groups in total. The number of carbonyl (C=O) groups excluding carboxylic acids is 1. The first-order valence-corrected chi connectivity index (χ1v) is 4.45. The Morgan fingerprint density at radius 3 is 2.31 bits per heavy atom. The summed E-state index contributed by atoms with van der Waals surface area (Å²) in [4.78, 5) is 11.0. The molecule has 1 rings (SSSR count). The highest BCUT2D eigenvalue weighted by molar-refractivity contribution is 5.93. The first-order chi connectivity index (χ1) is 6.09. The van der Waals surface area contributed by atoms with Crippen molar-refractivity contribution in [3.8, 4) is 0 Å². The van der Waals surface area contributed by atoms with E-state index in [4.69, 9.17) is 5.73 Å². The number of hydrogen-bond donors (Lipinski definition) is 1. The molecule has 0 heterocycles. The van der Waals surface area contributed by atoms with E-state index in [1.807, 2.05) is 31.2 Å². The van der Waals surface area contributed by atoms with Crippen molar-refractivity contribution < 1.29 is 4.79 Å². The molecule has 2 heteroatoms. The van der Waals surface area contributed by atoms with E-state index in [9.17, 15) is 4.79 Å². The Balaban J connectivity index is 2.75. The highest BCUT2D eigenvalue weighted by Gasteiger charge is 2.00. The fraction of sp³-hybridized carbons (Fsp3) is 0.364. The largest absolute Gasteiger partial charge is 0.328 e. The van der Waals surface area contributed by atoms with Crippen molar-refractivity contribution in [3.05, 3.63) is 35.4 Å². The molecule has 0 unspecified atom stereocenters. The van der Waals surface area contributed by atoms with Gasteiger partial charge in [-0.3, -0.25) is 4.79 Å². The third-order valence-corrected chi connectivity index (χ3v) is 1.92. The molecule has 1 aromatic carbocycles. The summed E-state index contributed by atoms with van der Waals surface area (Å²) in [6.45, 7) is 3.54. The molecule has 0 aliphatic rings. The Hall–Kier alpha value is -1.15. The van der Waals surface area contributed by atoms with Gasteiger partial charge in [0.15, 0.2) is 5.78 Å². The second kappa shape index (κ2) is 4.19. The summed E-state index contributed by atoms with van der Waals surface area (Å²) in [5.74, 6) is 0.104. The predicted octanol–water partition coefficient (Wildman–Crippen LogP) is 1.78.